The van der Waals surface area contributed by atoms with Crippen molar-refractivity contribution in [2.24, 2.45) is 5.92 Å². The van der Waals surface area contributed by atoms with Crippen LogP contribution in [0.3, 0.4) is 0 Å². The molecule has 0 aliphatic carbocycles. The minimum absolute atomic E-state index is 0.0589. The van der Waals surface area contributed by atoms with Crippen LogP contribution >= 0.6 is 0 Å². The van der Waals surface area contributed by atoms with E-state index in [2.05, 4.69) is 12.2 Å². The van der Waals surface area contributed by atoms with Crippen LogP contribution in [0.4, 0.5) is 4.79 Å². The summed E-state index contributed by atoms with van der Waals surface area (Å²) in [4.78, 5) is 24.6. The number of rotatable bonds is 7. The Labute approximate surface area is 126 Å². The zero-order chi connectivity index (χ0) is 15.9. The van der Waals surface area contributed by atoms with Crippen molar-refractivity contribution in [3.8, 4) is 0 Å². The third kappa shape index (κ3) is 5.91. The first-order valence-corrected chi connectivity index (χ1v) is 7.72. The van der Waals surface area contributed by atoms with E-state index in [1.807, 2.05) is 18.7 Å². The highest BCUT2D eigenvalue weighted by atomic mass is 16.5. The minimum atomic E-state index is -0.757. The maximum absolute atomic E-state index is 12.2. The highest BCUT2D eigenvalue weighted by Crippen LogP contribution is 2.19. The molecule has 1 aliphatic heterocycles. The fraction of sp³-hybridized carbons (Fsp3) is 0.867. The number of urea groups is 1. The number of nitrogens with one attached hydrogen (secondary N) is 1. The summed E-state index contributed by atoms with van der Waals surface area (Å²) in [6, 6.07) is -0.0589. The van der Waals surface area contributed by atoms with Crippen molar-refractivity contribution < 1.29 is 19.4 Å². The summed E-state index contributed by atoms with van der Waals surface area (Å²) in [6.07, 6.45) is 2.63. The molecule has 0 bridgehead atoms. The molecule has 1 saturated heterocycles. The minimum Gasteiger partial charge on any atom is -0.481 e. The molecule has 1 atom stereocenters. The average Bonchev–Trinajstić information content (AvgIpc) is 2.41. The Bertz CT molecular complexity index is 358. The van der Waals surface area contributed by atoms with Crippen molar-refractivity contribution in [3.05, 3.63) is 0 Å². The Morgan fingerprint density at radius 2 is 2.10 bits per heavy atom. The van der Waals surface area contributed by atoms with E-state index in [4.69, 9.17) is 9.84 Å². The van der Waals surface area contributed by atoms with E-state index in [1.54, 1.807) is 0 Å². The number of hydrogen-bond donors (Lipinski definition) is 2. The number of carboxylic acid groups (broad SMARTS) is 1. The second-order valence-corrected chi connectivity index (χ2v) is 6.24. The van der Waals surface area contributed by atoms with E-state index >= 15 is 0 Å². The number of hydrogen-bond acceptors (Lipinski definition) is 3. The van der Waals surface area contributed by atoms with E-state index in [9.17, 15) is 9.59 Å². The van der Waals surface area contributed by atoms with Gasteiger partial charge in [-0.3, -0.25) is 4.79 Å². The lowest BCUT2D eigenvalue weighted by atomic mass is 9.96. The Morgan fingerprint density at radius 3 is 2.67 bits per heavy atom. The van der Waals surface area contributed by atoms with E-state index in [1.165, 1.54) is 0 Å². The van der Waals surface area contributed by atoms with Gasteiger partial charge in [0.1, 0.15) is 0 Å². The molecule has 0 aromatic carbocycles. The molecule has 2 amide bonds. The number of carboxylic acids is 1. The van der Waals surface area contributed by atoms with Gasteiger partial charge in [0.2, 0.25) is 0 Å². The van der Waals surface area contributed by atoms with Gasteiger partial charge in [-0.1, -0.05) is 13.3 Å². The largest absolute Gasteiger partial charge is 0.481 e. The number of morpholine rings is 1. The SMILES string of the molecule is CCC(CCNC(=O)N1CCOCC1(C)C)CCC(=O)O. The van der Waals surface area contributed by atoms with Gasteiger partial charge in [0.15, 0.2) is 0 Å². The van der Waals surface area contributed by atoms with Gasteiger partial charge in [-0.25, -0.2) is 4.79 Å². The van der Waals surface area contributed by atoms with Crippen molar-refractivity contribution in [2.75, 3.05) is 26.3 Å². The predicted octanol–water partition coefficient (Wildman–Crippen LogP) is 2.09. The summed E-state index contributed by atoms with van der Waals surface area (Å²) >= 11 is 0. The maximum Gasteiger partial charge on any atom is 0.318 e. The van der Waals surface area contributed by atoms with Crippen LogP contribution in [-0.4, -0.2) is 53.8 Å². The van der Waals surface area contributed by atoms with Crippen molar-refractivity contribution in [3.63, 3.8) is 0 Å². The van der Waals surface area contributed by atoms with Crippen LogP contribution in [-0.2, 0) is 9.53 Å². The molecule has 122 valence electrons. The Kier molecular flexibility index (Phi) is 6.95. The third-order valence-corrected chi connectivity index (χ3v) is 4.06. The van der Waals surface area contributed by atoms with Gasteiger partial charge >= 0.3 is 12.0 Å². The predicted molar refractivity (Wildman–Crippen MR) is 80.3 cm³/mol. The molecule has 1 unspecified atom stereocenters. The lowest BCUT2D eigenvalue weighted by Gasteiger charge is -2.41. The summed E-state index contributed by atoms with van der Waals surface area (Å²) in [6.45, 7) is 8.36. The monoisotopic (exact) mass is 300 g/mol. The van der Waals surface area contributed by atoms with Gasteiger partial charge in [-0.15, -0.1) is 0 Å². The molecule has 2 N–H and O–H groups in total. The highest BCUT2D eigenvalue weighted by molar-refractivity contribution is 5.75. The molecule has 6 nitrogen and oxygen atoms in total. The molecule has 21 heavy (non-hydrogen) atoms. The van der Waals surface area contributed by atoms with Crippen molar-refractivity contribution in [1.82, 2.24) is 10.2 Å². The van der Waals surface area contributed by atoms with Gasteiger partial charge in [-0.05, 0) is 32.6 Å². The third-order valence-electron chi connectivity index (χ3n) is 4.06. The van der Waals surface area contributed by atoms with E-state index < -0.39 is 5.97 Å². The van der Waals surface area contributed by atoms with E-state index in [-0.39, 0.29) is 18.0 Å². The molecule has 0 radical (unpaired) electrons. The van der Waals surface area contributed by atoms with Crippen LogP contribution in [0.5, 0.6) is 0 Å². The number of ether oxygens (including phenoxy) is 1. The average molecular weight is 300 g/mol. The van der Waals surface area contributed by atoms with Crippen LogP contribution in [0.15, 0.2) is 0 Å². The van der Waals surface area contributed by atoms with Crippen molar-refractivity contribution in [2.45, 2.75) is 52.0 Å². The quantitative estimate of drug-likeness (QED) is 0.754. The van der Waals surface area contributed by atoms with Crippen LogP contribution in [0.2, 0.25) is 0 Å². The molecule has 1 heterocycles. The first-order chi connectivity index (χ1) is 9.86. The van der Waals surface area contributed by atoms with Crippen molar-refractivity contribution >= 4 is 12.0 Å². The fourth-order valence-corrected chi connectivity index (χ4v) is 2.59. The zero-order valence-electron chi connectivity index (χ0n) is 13.4. The van der Waals surface area contributed by atoms with E-state index in [0.717, 1.165) is 12.8 Å². The van der Waals surface area contributed by atoms with Gasteiger partial charge in [0.05, 0.1) is 18.8 Å². The first-order valence-electron chi connectivity index (χ1n) is 7.72. The normalized spacial score (nSPS) is 19.1. The van der Waals surface area contributed by atoms with Crippen molar-refractivity contribution in [1.29, 1.82) is 0 Å². The fourth-order valence-electron chi connectivity index (χ4n) is 2.59. The molecular weight excluding hydrogens is 272 g/mol. The van der Waals surface area contributed by atoms with E-state index in [0.29, 0.717) is 38.6 Å². The molecular formula is C15H28N2O4. The first kappa shape index (κ1) is 17.8. The summed E-state index contributed by atoms with van der Waals surface area (Å²) in [5.74, 6) is -0.411. The molecule has 1 rings (SSSR count). The van der Waals surface area contributed by atoms with Crippen LogP contribution in [0, 0.1) is 5.92 Å². The topological polar surface area (TPSA) is 78.9 Å². The summed E-state index contributed by atoms with van der Waals surface area (Å²) < 4.78 is 5.40. The Morgan fingerprint density at radius 1 is 1.38 bits per heavy atom. The van der Waals surface area contributed by atoms with Crippen LogP contribution < -0.4 is 5.32 Å². The van der Waals surface area contributed by atoms with Gasteiger partial charge < -0.3 is 20.1 Å². The molecule has 0 aromatic rings. The number of amides is 2. The Balaban J connectivity index is 2.33. The van der Waals surface area contributed by atoms with Gasteiger partial charge in [-0.2, -0.15) is 0 Å². The standard InChI is InChI=1S/C15H28N2O4/c1-4-12(5-6-13(18)19)7-8-16-14(20)17-9-10-21-11-15(17,2)3/h12H,4-11H2,1-3H3,(H,16,20)(H,18,19). The molecule has 0 aromatic heterocycles. The molecule has 0 spiro atoms. The zero-order valence-corrected chi connectivity index (χ0v) is 13.4. The van der Waals surface area contributed by atoms with Gasteiger partial charge in [0.25, 0.3) is 0 Å². The number of nitrogens with zero attached hydrogens (tertiary/aromatic N) is 1. The molecule has 1 fully saturated rings. The summed E-state index contributed by atoms with van der Waals surface area (Å²) in [5.41, 5.74) is -0.282. The highest BCUT2D eigenvalue weighted by Gasteiger charge is 2.33. The lowest BCUT2D eigenvalue weighted by molar-refractivity contribution is -0.137. The molecule has 6 heteroatoms. The Hall–Kier alpha value is -1.30. The lowest BCUT2D eigenvalue weighted by Crippen LogP contribution is -2.58. The molecule has 0 saturated carbocycles. The maximum atomic E-state index is 12.2. The summed E-state index contributed by atoms with van der Waals surface area (Å²) in [5, 5.41) is 11.7. The molecule has 1 aliphatic rings. The van der Waals surface area contributed by atoms with Crippen LogP contribution in [0.1, 0.15) is 46.5 Å². The second-order valence-electron chi connectivity index (χ2n) is 6.24. The second kappa shape index (κ2) is 8.22. The van der Waals surface area contributed by atoms with Gasteiger partial charge in [0, 0.05) is 19.5 Å². The van der Waals surface area contributed by atoms with Crippen LogP contribution in [0.25, 0.3) is 0 Å². The smallest absolute Gasteiger partial charge is 0.318 e. The summed E-state index contributed by atoms with van der Waals surface area (Å²) in [7, 11) is 0. The number of carbonyl (C=O) groups is 2. The number of carbonyl (C=O) groups excluding carboxylic acids is 1. The number of aliphatic carboxylic acids is 1.